The Bertz CT molecular complexity index is 674. The van der Waals surface area contributed by atoms with E-state index in [4.69, 9.17) is 4.98 Å². The Morgan fingerprint density at radius 2 is 2.30 bits per heavy atom. The first-order valence-electron chi connectivity index (χ1n) is 6.89. The second-order valence-corrected chi connectivity index (χ2v) is 6.25. The van der Waals surface area contributed by atoms with Crippen molar-refractivity contribution >= 4 is 22.9 Å². The van der Waals surface area contributed by atoms with Crippen molar-refractivity contribution in [1.82, 2.24) is 10.3 Å². The number of nitrogens with zero attached hydrogens (tertiary/aromatic N) is 1. The summed E-state index contributed by atoms with van der Waals surface area (Å²) in [6.07, 6.45) is 1.66. The van der Waals surface area contributed by atoms with E-state index < -0.39 is 0 Å². The van der Waals surface area contributed by atoms with Gasteiger partial charge in [0.25, 0.3) is 0 Å². The third-order valence-electron chi connectivity index (χ3n) is 3.96. The third-order valence-corrected chi connectivity index (χ3v) is 4.96. The van der Waals surface area contributed by atoms with E-state index in [1.807, 2.05) is 12.1 Å². The summed E-state index contributed by atoms with van der Waals surface area (Å²) in [5, 5.41) is 9.59. The van der Waals surface area contributed by atoms with Crippen molar-refractivity contribution in [2.45, 2.75) is 18.8 Å². The van der Waals surface area contributed by atoms with Gasteiger partial charge in [-0.1, -0.05) is 6.07 Å². The number of aromatic nitrogens is 1. The molecule has 1 fully saturated rings. The van der Waals surface area contributed by atoms with Crippen LogP contribution < -0.4 is 10.6 Å². The fourth-order valence-corrected chi connectivity index (χ4v) is 3.83. The van der Waals surface area contributed by atoms with Crippen LogP contribution in [-0.2, 0) is 11.2 Å². The molecule has 0 aliphatic carbocycles. The Kier molecular flexibility index (Phi) is 2.82. The number of rotatable bonds is 2. The van der Waals surface area contributed by atoms with Crippen LogP contribution in [0.15, 0.2) is 23.6 Å². The fourth-order valence-electron chi connectivity index (χ4n) is 2.86. The van der Waals surface area contributed by atoms with Crippen molar-refractivity contribution in [2.75, 3.05) is 18.4 Å². The van der Waals surface area contributed by atoms with Gasteiger partial charge in [0.15, 0.2) is 0 Å². The molecule has 2 aliphatic heterocycles. The summed E-state index contributed by atoms with van der Waals surface area (Å²) in [7, 11) is 0. The summed E-state index contributed by atoms with van der Waals surface area (Å²) in [5.41, 5.74) is 4.14. The Hall–Kier alpha value is -1.72. The maximum absolute atomic E-state index is 11.4. The Labute approximate surface area is 121 Å². The highest BCUT2D eigenvalue weighted by Crippen LogP contribution is 2.32. The molecule has 4 rings (SSSR count). The van der Waals surface area contributed by atoms with E-state index in [9.17, 15) is 4.79 Å². The van der Waals surface area contributed by atoms with E-state index in [1.54, 1.807) is 11.3 Å². The number of carbonyl (C=O) groups is 1. The summed E-state index contributed by atoms with van der Waals surface area (Å²) in [6.45, 7) is 2.13. The molecule has 3 heterocycles. The Morgan fingerprint density at radius 3 is 3.15 bits per heavy atom. The minimum atomic E-state index is 0.0770. The number of anilines is 1. The zero-order valence-electron chi connectivity index (χ0n) is 11.0. The molecule has 20 heavy (non-hydrogen) atoms. The first-order chi connectivity index (χ1) is 9.79. The minimum Gasteiger partial charge on any atom is -0.326 e. The minimum absolute atomic E-state index is 0.0770. The molecule has 1 aromatic carbocycles. The van der Waals surface area contributed by atoms with E-state index in [1.165, 1.54) is 11.4 Å². The molecule has 1 aromatic heterocycles. The molecule has 102 valence electrons. The van der Waals surface area contributed by atoms with Gasteiger partial charge in [0.1, 0.15) is 0 Å². The van der Waals surface area contributed by atoms with E-state index in [2.05, 4.69) is 22.1 Å². The van der Waals surface area contributed by atoms with Gasteiger partial charge in [-0.05, 0) is 30.7 Å². The molecule has 1 saturated heterocycles. The number of carbonyl (C=O) groups excluding carboxylic acids is 1. The summed E-state index contributed by atoms with van der Waals surface area (Å²) in [6, 6.07) is 6.10. The highest BCUT2D eigenvalue weighted by molar-refractivity contribution is 7.10. The number of fused-ring (bicyclic) bond motifs is 1. The standard InChI is InChI=1S/C15H15N3OS/c19-14-6-11-5-9(1-2-12(11)17-14)13-8-20-15(18-13)10-3-4-16-7-10/h1-2,5,8,10,16H,3-4,6-7H2,(H,17,19). The van der Waals surface area contributed by atoms with Crippen LogP contribution in [0.1, 0.15) is 22.9 Å². The third kappa shape index (κ3) is 2.03. The summed E-state index contributed by atoms with van der Waals surface area (Å²) in [4.78, 5) is 16.2. The molecule has 1 atom stereocenters. The van der Waals surface area contributed by atoms with Gasteiger partial charge in [-0.2, -0.15) is 0 Å². The molecule has 0 radical (unpaired) electrons. The maximum atomic E-state index is 11.4. The number of hydrogen-bond acceptors (Lipinski definition) is 4. The SMILES string of the molecule is O=C1Cc2cc(-c3csc(C4CCNC4)n3)ccc2N1. The second-order valence-electron chi connectivity index (χ2n) is 5.36. The van der Waals surface area contributed by atoms with Gasteiger partial charge in [-0.25, -0.2) is 4.98 Å². The summed E-state index contributed by atoms with van der Waals surface area (Å²) >= 11 is 1.74. The molecule has 2 aromatic rings. The second kappa shape index (κ2) is 4.68. The molecule has 2 aliphatic rings. The van der Waals surface area contributed by atoms with Gasteiger partial charge in [-0.3, -0.25) is 4.79 Å². The van der Waals surface area contributed by atoms with Crippen LogP contribution in [0.25, 0.3) is 11.3 Å². The van der Waals surface area contributed by atoms with Gasteiger partial charge in [0.2, 0.25) is 5.91 Å². The van der Waals surface area contributed by atoms with Gasteiger partial charge >= 0.3 is 0 Å². The average Bonchev–Trinajstić information content (AvgIpc) is 3.17. The van der Waals surface area contributed by atoms with E-state index in [-0.39, 0.29) is 5.91 Å². The molecule has 0 spiro atoms. The van der Waals surface area contributed by atoms with Crippen LogP contribution in [0.5, 0.6) is 0 Å². The predicted octanol–water partition coefficient (Wildman–Crippen LogP) is 2.38. The zero-order chi connectivity index (χ0) is 13.5. The molecule has 0 saturated carbocycles. The van der Waals surface area contributed by atoms with Crippen LogP contribution >= 0.6 is 11.3 Å². The first kappa shape index (κ1) is 12.1. The molecule has 1 unspecified atom stereocenters. The molecular weight excluding hydrogens is 270 g/mol. The molecule has 2 N–H and O–H groups in total. The highest BCUT2D eigenvalue weighted by Gasteiger charge is 2.21. The normalized spacial score (nSPS) is 21.0. The van der Waals surface area contributed by atoms with Gasteiger partial charge < -0.3 is 10.6 Å². The fraction of sp³-hybridized carbons (Fsp3) is 0.333. The monoisotopic (exact) mass is 285 g/mol. The van der Waals surface area contributed by atoms with Crippen LogP contribution in [0.2, 0.25) is 0 Å². The van der Waals surface area contributed by atoms with Crippen molar-refractivity contribution in [1.29, 1.82) is 0 Å². The molecule has 0 bridgehead atoms. The first-order valence-corrected chi connectivity index (χ1v) is 7.77. The lowest BCUT2D eigenvalue weighted by Crippen LogP contribution is -2.07. The number of benzene rings is 1. The Morgan fingerprint density at radius 1 is 1.35 bits per heavy atom. The topological polar surface area (TPSA) is 54.0 Å². The van der Waals surface area contributed by atoms with Gasteiger partial charge in [-0.15, -0.1) is 11.3 Å². The summed E-state index contributed by atoms with van der Waals surface area (Å²) < 4.78 is 0. The molecule has 5 heteroatoms. The van der Waals surface area contributed by atoms with Crippen molar-refractivity contribution in [3.8, 4) is 11.3 Å². The highest BCUT2D eigenvalue weighted by atomic mass is 32.1. The van der Waals surface area contributed by atoms with Crippen LogP contribution in [0, 0.1) is 0 Å². The zero-order valence-corrected chi connectivity index (χ0v) is 11.8. The van der Waals surface area contributed by atoms with Crippen molar-refractivity contribution in [3.05, 3.63) is 34.2 Å². The van der Waals surface area contributed by atoms with Gasteiger partial charge in [0, 0.05) is 29.1 Å². The summed E-state index contributed by atoms with van der Waals surface area (Å²) in [5.74, 6) is 0.638. The van der Waals surface area contributed by atoms with E-state index >= 15 is 0 Å². The van der Waals surface area contributed by atoms with Gasteiger partial charge in [0.05, 0.1) is 17.1 Å². The smallest absolute Gasteiger partial charge is 0.228 e. The van der Waals surface area contributed by atoms with Crippen LogP contribution in [0.3, 0.4) is 0 Å². The lowest BCUT2D eigenvalue weighted by atomic mass is 10.1. The number of nitrogens with one attached hydrogen (secondary N) is 2. The number of amides is 1. The quantitative estimate of drug-likeness (QED) is 0.890. The van der Waals surface area contributed by atoms with Crippen molar-refractivity contribution in [3.63, 3.8) is 0 Å². The predicted molar refractivity (Wildman–Crippen MR) is 80.1 cm³/mol. The Balaban J connectivity index is 1.64. The molecular formula is C15H15N3OS. The van der Waals surface area contributed by atoms with Crippen molar-refractivity contribution in [2.24, 2.45) is 0 Å². The van der Waals surface area contributed by atoms with E-state index in [0.29, 0.717) is 12.3 Å². The average molecular weight is 285 g/mol. The maximum Gasteiger partial charge on any atom is 0.228 e. The number of thiazole rings is 1. The number of hydrogen-bond donors (Lipinski definition) is 2. The van der Waals surface area contributed by atoms with Crippen molar-refractivity contribution < 1.29 is 4.79 Å². The van der Waals surface area contributed by atoms with E-state index in [0.717, 1.165) is 35.6 Å². The molecule has 4 nitrogen and oxygen atoms in total. The van der Waals surface area contributed by atoms with Crippen LogP contribution in [0.4, 0.5) is 5.69 Å². The lowest BCUT2D eigenvalue weighted by Gasteiger charge is -2.03. The largest absolute Gasteiger partial charge is 0.326 e. The van der Waals surface area contributed by atoms with Crippen LogP contribution in [-0.4, -0.2) is 24.0 Å². The lowest BCUT2D eigenvalue weighted by molar-refractivity contribution is -0.115. The molecule has 1 amide bonds.